The minimum atomic E-state index is 0.767. The van der Waals surface area contributed by atoms with E-state index in [1.807, 2.05) is 36.4 Å². The largest absolute Gasteiger partial charge is 0.444 e. The van der Waals surface area contributed by atoms with Gasteiger partial charge in [-0.3, -0.25) is 0 Å². The Kier molecular flexibility index (Phi) is 1.44. The number of benzene rings is 1. The Hall–Kier alpha value is -2.03. The van der Waals surface area contributed by atoms with Crippen LogP contribution in [-0.2, 0) is 0 Å². The molecule has 0 bridgehead atoms. The van der Waals surface area contributed by atoms with Gasteiger partial charge < -0.3 is 4.42 Å². The lowest BCUT2D eigenvalue weighted by Crippen LogP contribution is -1.86. The Morgan fingerprint density at radius 3 is 2.79 bits per heavy atom. The molecule has 3 heteroatoms. The highest BCUT2D eigenvalue weighted by atomic mass is 16.3. The van der Waals surface area contributed by atoms with Crippen LogP contribution in [0.2, 0.25) is 0 Å². The third kappa shape index (κ3) is 0.956. The summed E-state index contributed by atoms with van der Waals surface area (Å²) < 4.78 is 7.13. The molecule has 0 amide bonds. The molecular formula is C11H8N2O. The molecule has 14 heavy (non-hydrogen) atoms. The molecule has 0 spiro atoms. The molecule has 3 rings (SSSR count). The van der Waals surface area contributed by atoms with E-state index in [4.69, 9.17) is 4.42 Å². The van der Waals surface area contributed by atoms with Crippen LogP contribution in [0.5, 0.6) is 0 Å². The van der Waals surface area contributed by atoms with Crippen LogP contribution in [0.3, 0.4) is 0 Å². The first kappa shape index (κ1) is 7.38. The van der Waals surface area contributed by atoms with Crippen molar-refractivity contribution in [2.24, 2.45) is 0 Å². The zero-order valence-electron chi connectivity index (χ0n) is 7.42. The van der Waals surface area contributed by atoms with E-state index < -0.39 is 0 Å². The first-order valence-corrected chi connectivity index (χ1v) is 4.42. The van der Waals surface area contributed by atoms with E-state index in [1.54, 1.807) is 17.0 Å². The highest BCUT2D eigenvalue weighted by Crippen LogP contribution is 2.21. The fourth-order valence-electron chi connectivity index (χ4n) is 1.53. The summed E-state index contributed by atoms with van der Waals surface area (Å²) in [4.78, 5) is 0. The summed E-state index contributed by atoms with van der Waals surface area (Å²) in [6.07, 6.45) is 3.45. The smallest absolute Gasteiger partial charge is 0.221 e. The average molecular weight is 184 g/mol. The van der Waals surface area contributed by atoms with E-state index in [2.05, 4.69) is 5.10 Å². The fourth-order valence-corrected chi connectivity index (χ4v) is 1.53. The zero-order valence-corrected chi connectivity index (χ0v) is 7.42. The molecule has 1 aromatic carbocycles. The summed E-state index contributed by atoms with van der Waals surface area (Å²) in [5.74, 6) is 0. The molecule has 3 nitrogen and oxygen atoms in total. The van der Waals surface area contributed by atoms with E-state index in [0.29, 0.717) is 0 Å². The maximum Gasteiger partial charge on any atom is 0.221 e. The van der Waals surface area contributed by atoms with Crippen LogP contribution in [0.1, 0.15) is 0 Å². The molecule has 0 saturated heterocycles. The molecule has 0 unspecified atom stereocenters. The molecule has 2 aromatic heterocycles. The summed E-state index contributed by atoms with van der Waals surface area (Å²) in [7, 11) is 0. The lowest BCUT2D eigenvalue weighted by atomic mass is 10.2. The van der Waals surface area contributed by atoms with Gasteiger partial charge in [0, 0.05) is 11.6 Å². The number of nitrogens with zero attached hydrogens (tertiary/aromatic N) is 2. The molecule has 3 aromatic rings. The van der Waals surface area contributed by atoms with Crippen LogP contribution in [0.4, 0.5) is 0 Å². The summed E-state index contributed by atoms with van der Waals surface area (Å²) in [5.41, 5.74) is 2.85. The third-order valence-corrected chi connectivity index (χ3v) is 2.20. The predicted molar refractivity (Wildman–Crippen MR) is 52.9 cm³/mol. The van der Waals surface area contributed by atoms with Gasteiger partial charge in [0.25, 0.3) is 0 Å². The van der Waals surface area contributed by atoms with Crippen molar-refractivity contribution in [2.75, 3.05) is 0 Å². The van der Waals surface area contributed by atoms with Crippen molar-refractivity contribution in [1.29, 1.82) is 0 Å². The van der Waals surface area contributed by atoms with Crippen LogP contribution < -0.4 is 0 Å². The van der Waals surface area contributed by atoms with Crippen molar-refractivity contribution >= 4 is 5.71 Å². The van der Waals surface area contributed by atoms with Crippen molar-refractivity contribution in [2.45, 2.75) is 0 Å². The molecule has 0 radical (unpaired) electrons. The molecule has 0 aliphatic heterocycles. The number of aromatic nitrogens is 2. The Balaban J connectivity index is 2.28. The van der Waals surface area contributed by atoms with Crippen LogP contribution in [0, 0.1) is 0 Å². The lowest BCUT2D eigenvalue weighted by molar-refractivity contribution is 0.606. The minimum absolute atomic E-state index is 0.767. The van der Waals surface area contributed by atoms with E-state index in [9.17, 15) is 0 Å². The first-order chi connectivity index (χ1) is 6.95. The van der Waals surface area contributed by atoms with Gasteiger partial charge in [0.2, 0.25) is 5.71 Å². The molecule has 0 atom stereocenters. The van der Waals surface area contributed by atoms with Gasteiger partial charge in [0.05, 0.1) is 6.20 Å². The van der Waals surface area contributed by atoms with Crippen LogP contribution >= 0.6 is 0 Å². The highest BCUT2D eigenvalue weighted by Gasteiger charge is 2.06. The van der Waals surface area contributed by atoms with Gasteiger partial charge in [-0.2, -0.15) is 9.61 Å². The van der Waals surface area contributed by atoms with E-state index in [1.165, 1.54) is 0 Å². The SMILES string of the molecule is c1ccc(-c2coc3ccnn23)cc1. The van der Waals surface area contributed by atoms with Gasteiger partial charge in [0.1, 0.15) is 12.0 Å². The van der Waals surface area contributed by atoms with Crippen molar-refractivity contribution in [3.63, 3.8) is 0 Å². The van der Waals surface area contributed by atoms with Crippen molar-refractivity contribution in [1.82, 2.24) is 9.61 Å². The normalized spacial score (nSPS) is 10.9. The topological polar surface area (TPSA) is 30.4 Å². The molecule has 68 valence electrons. The Morgan fingerprint density at radius 2 is 1.93 bits per heavy atom. The van der Waals surface area contributed by atoms with Crippen molar-refractivity contribution < 1.29 is 4.42 Å². The summed E-state index contributed by atoms with van der Waals surface area (Å²) in [6.45, 7) is 0. The van der Waals surface area contributed by atoms with Gasteiger partial charge in [-0.15, -0.1) is 0 Å². The summed E-state index contributed by atoms with van der Waals surface area (Å²) in [5, 5.41) is 4.18. The minimum Gasteiger partial charge on any atom is -0.444 e. The highest BCUT2D eigenvalue weighted by molar-refractivity contribution is 5.61. The molecular weight excluding hydrogens is 176 g/mol. The molecule has 0 saturated carbocycles. The second-order valence-electron chi connectivity index (χ2n) is 3.07. The van der Waals surface area contributed by atoms with Crippen molar-refractivity contribution in [3.05, 3.63) is 48.9 Å². The average Bonchev–Trinajstić information content (AvgIpc) is 2.79. The molecule has 0 N–H and O–H groups in total. The van der Waals surface area contributed by atoms with E-state index in [0.717, 1.165) is 17.0 Å². The van der Waals surface area contributed by atoms with Gasteiger partial charge in [-0.05, 0) is 0 Å². The number of hydrogen-bond acceptors (Lipinski definition) is 2. The standard InChI is InChI=1S/C11H8N2O/c1-2-4-9(5-3-1)10-8-14-11-6-7-12-13(10)11/h1-8H. The fraction of sp³-hybridized carbons (Fsp3) is 0. The third-order valence-electron chi connectivity index (χ3n) is 2.20. The summed E-state index contributed by atoms with van der Waals surface area (Å²) >= 11 is 0. The van der Waals surface area contributed by atoms with Gasteiger partial charge in [-0.1, -0.05) is 30.3 Å². The maximum atomic E-state index is 5.34. The second-order valence-corrected chi connectivity index (χ2v) is 3.07. The molecule has 2 heterocycles. The van der Waals surface area contributed by atoms with Crippen LogP contribution in [-0.4, -0.2) is 9.61 Å². The van der Waals surface area contributed by atoms with E-state index >= 15 is 0 Å². The van der Waals surface area contributed by atoms with Gasteiger partial charge >= 0.3 is 0 Å². The number of fused-ring (bicyclic) bond motifs is 1. The summed E-state index contributed by atoms with van der Waals surface area (Å²) in [6, 6.07) is 11.9. The molecule has 0 fully saturated rings. The van der Waals surface area contributed by atoms with Crippen molar-refractivity contribution in [3.8, 4) is 11.3 Å². The quantitative estimate of drug-likeness (QED) is 0.582. The van der Waals surface area contributed by atoms with Crippen LogP contribution in [0.25, 0.3) is 17.0 Å². The van der Waals surface area contributed by atoms with Crippen LogP contribution in [0.15, 0.2) is 53.3 Å². The van der Waals surface area contributed by atoms with Gasteiger partial charge in [0.15, 0.2) is 0 Å². The first-order valence-electron chi connectivity index (χ1n) is 4.42. The monoisotopic (exact) mass is 184 g/mol. The second kappa shape index (κ2) is 2.73. The lowest BCUT2D eigenvalue weighted by Gasteiger charge is -1.95. The number of rotatable bonds is 1. The Labute approximate surface area is 80.6 Å². The molecule has 0 aliphatic rings. The Morgan fingerprint density at radius 1 is 1.07 bits per heavy atom. The van der Waals surface area contributed by atoms with E-state index in [-0.39, 0.29) is 0 Å². The number of hydrogen-bond donors (Lipinski definition) is 0. The van der Waals surface area contributed by atoms with Gasteiger partial charge in [-0.25, -0.2) is 0 Å². The predicted octanol–water partition coefficient (Wildman–Crippen LogP) is 2.59. The Bertz CT molecular complexity index is 551. The number of oxazole rings is 1. The molecule has 0 aliphatic carbocycles. The zero-order chi connectivity index (χ0) is 9.38. The maximum absolute atomic E-state index is 5.34.